The van der Waals surface area contributed by atoms with E-state index >= 15 is 0 Å². The van der Waals surface area contributed by atoms with Gasteiger partial charge in [0.25, 0.3) is 5.69 Å². The van der Waals surface area contributed by atoms with Crippen LogP contribution in [0.4, 0.5) is 18.9 Å². The van der Waals surface area contributed by atoms with Gasteiger partial charge in [-0.15, -0.1) is 0 Å². The maximum atomic E-state index is 12.8. The molecule has 1 N–H and O–H groups in total. The summed E-state index contributed by atoms with van der Waals surface area (Å²) in [5, 5.41) is 10.6. The summed E-state index contributed by atoms with van der Waals surface area (Å²) >= 11 is 0. The molecule has 0 radical (unpaired) electrons. The normalized spacial score (nSPS) is 12.0. The topological polar surface area (TPSA) is 71.8 Å². The molecule has 8 heteroatoms. The molecule has 5 nitrogen and oxygen atoms in total. The van der Waals surface area contributed by atoms with Crippen LogP contribution in [0.15, 0.2) is 12.1 Å². The Balaban J connectivity index is 2.79. The third-order valence-electron chi connectivity index (χ3n) is 2.47. The van der Waals surface area contributed by atoms with Gasteiger partial charge in [0.15, 0.2) is 0 Å². The van der Waals surface area contributed by atoms with E-state index in [4.69, 9.17) is 0 Å². The second kappa shape index (κ2) is 3.97. The fraction of sp³-hybridized carbons (Fsp3) is 0.300. The van der Waals surface area contributed by atoms with Crippen molar-refractivity contribution in [2.24, 2.45) is 0 Å². The first-order chi connectivity index (χ1) is 8.32. The molecule has 1 aromatic heterocycles. The second-order valence-corrected chi connectivity index (χ2v) is 3.68. The van der Waals surface area contributed by atoms with Crippen molar-refractivity contribution >= 4 is 16.7 Å². The van der Waals surface area contributed by atoms with Crippen LogP contribution in [0.5, 0.6) is 0 Å². The van der Waals surface area contributed by atoms with E-state index in [1.807, 2.05) is 0 Å². The molecule has 2 aromatic rings. The molecule has 96 valence electrons. The van der Waals surface area contributed by atoms with E-state index < -0.39 is 22.4 Å². The van der Waals surface area contributed by atoms with Gasteiger partial charge in [0.05, 0.1) is 16.0 Å². The first kappa shape index (κ1) is 12.3. The van der Waals surface area contributed by atoms with Crippen LogP contribution in [-0.2, 0) is 12.6 Å². The highest BCUT2D eigenvalue weighted by Gasteiger charge is 2.36. The molecule has 0 bridgehead atoms. The minimum absolute atomic E-state index is 0.0216. The monoisotopic (exact) mass is 259 g/mol. The highest BCUT2D eigenvalue weighted by molar-refractivity contribution is 5.82. The third-order valence-corrected chi connectivity index (χ3v) is 2.47. The molecule has 0 aliphatic carbocycles. The number of fused-ring (bicyclic) bond motifs is 1. The first-order valence-electron chi connectivity index (χ1n) is 5.07. The van der Waals surface area contributed by atoms with Gasteiger partial charge in [-0.3, -0.25) is 10.1 Å². The van der Waals surface area contributed by atoms with Crippen molar-refractivity contribution in [3.8, 4) is 0 Å². The molecule has 0 aliphatic heterocycles. The van der Waals surface area contributed by atoms with E-state index in [1.54, 1.807) is 6.92 Å². The Morgan fingerprint density at radius 3 is 2.61 bits per heavy atom. The SMILES string of the molecule is CCc1nc2c(C(F)(F)F)cc([N+](=O)[O-])cc2[nH]1. The van der Waals surface area contributed by atoms with E-state index in [2.05, 4.69) is 9.97 Å². The number of H-pyrrole nitrogens is 1. The van der Waals surface area contributed by atoms with E-state index in [-0.39, 0.29) is 11.0 Å². The highest BCUT2D eigenvalue weighted by atomic mass is 19.4. The zero-order chi connectivity index (χ0) is 13.5. The van der Waals surface area contributed by atoms with Crippen LogP contribution in [0.2, 0.25) is 0 Å². The van der Waals surface area contributed by atoms with Gasteiger partial charge >= 0.3 is 6.18 Å². The first-order valence-corrected chi connectivity index (χ1v) is 5.07. The Bertz CT molecular complexity index is 619. The van der Waals surface area contributed by atoms with Crippen molar-refractivity contribution in [2.75, 3.05) is 0 Å². The third kappa shape index (κ3) is 2.01. The summed E-state index contributed by atoms with van der Waals surface area (Å²) in [4.78, 5) is 16.2. The summed E-state index contributed by atoms with van der Waals surface area (Å²) in [6.07, 6.45) is -4.26. The molecule has 0 aliphatic rings. The van der Waals surface area contributed by atoms with Crippen molar-refractivity contribution in [3.05, 3.63) is 33.6 Å². The predicted molar refractivity (Wildman–Crippen MR) is 57.1 cm³/mol. The van der Waals surface area contributed by atoms with Gasteiger partial charge < -0.3 is 4.98 Å². The summed E-state index contributed by atoms with van der Waals surface area (Å²) < 4.78 is 38.4. The number of non-ortho nitro benzene ring substituents is 1. The van der Waals surface area contributed by atoms with Gasteiger partial charge in [-0.25, -0.2) is 4.98 Å². The minimum Gasteiger partial charge on any atom is -0.342 e. The van der Waals surface area contributed by atoms with E-state index in [0.29, 0.717) is 18.3 Å². The summed E-state index contributed by atoms with van der Waals surface area (Å²) in [5.41, 5.74) is -1.97. The summed E-state index contributed by atoms with van der Waals surface area (Å²) in [5.74, 6) is 0.357. The van der Waals surface area contributed by atoms with Crippen LogP contribution < -0.4 is 0 Å². The minimum atomic E-state index is -4.68. The molecule has 1 aromatic carbocycles. The Hall–Kier alpha value is -2.12. The number of nitrogens with one attached hydrogen (secondary N) is 1. The lowest BCUT2D eigenvalue weighted by Crippen LogP contribution is -2.06. The van der Waals surface area contributed by atoms with Gasteiger partial charge in [0, 0.05) is 18.6 Å². The van der Waals surface area contributed by atoms with E-state index in [9.17, 15) is 23.3 Å². The number of aromatic amines is 1. The van der Waals surface area contributed by atoms with Crippen molar-refractivity contribution in [2.45, 2.75) is 19.5 Å². The lowest BCUT2D eigenvalue weighted by atomic mass is 10.1. The molecular formula is C10H8F3N3O2. The largest absolute Gasteiger partial charge is 0.418 e. The maximum Gasteiger partial charge on any atom is 0.418 e. The second-order valence-electron chi connectivity index (χ2n) is 3.68. The van der Waals surface area contributed by atoms with Gasteiger partial charge in [-0.05, 0) is 0 Å². The van der Waals surface area contributed by atoms with Crippen LogP contribution in [0.3, 0.4) is 0 Å². The fourth-order valence-corrected chi connectivity index (χ4v) is 1.64. The number of imidazole rings is 1. The molecule has 0 saturated carbocycles. The standard InChI is InChI=1S/C10H8F3N3O2/c1-2-8-14-7-4-5(16(17)18)3-6(9(7)15-8)10(11,12)13/h3-4H,2H2,1H3,(H,14,15). The van der Waals surface area contributed by atoms with Crippen molar-refractivity contribution in [1.29, 1.82) is 0 Å². The summed E-state index contributed by atoms with van der Waals surface area (Å²) in [6, 6.07) is 1.55. The van der Waals surface area contributed by atoms with Crippen molar-refractivity contribution in [1.82, 2.24) is 9.97 Å². The summed E-state index contributed by atoms with van der Waals surface area (Å²) in [7, 11) is 0. The van der Waals surface area contributed by atoms with Gasteiger partial charge in [0.1, 0.15) is 11.3 Å². The number of aryl methyl sites for hydroxylation is 1. The van der Waals surface area contributed by atoms with E-state index in [0.717, 1.165) is 6.07 Å². The number of nitrogens with zero attached hydrogens (tertiary/aromatic N) is 2. The molecule has 2 rings (SSSR count). The van der Waals surface area contributed by atoms with E-state index in [1.165, 1.54) is 0 Å². The average Bonchev–Trinajstić information content (AvgIpc) is 2.68. The molecule has 0 unspecified atom stereocenters. The van der Waals surface area contributed by atoms with Crippen LogP contribution in [0.1, 0.15) is 18.3 Å². The smallest absolute Gasteiger partial charge is 0.342 e. The van der Waals surface area contributed by atoms with Gasteiger partial charge in [0.2, 0.25) is 0 Å². The number of alkyl halides is 3. The number of hydrogen-bond donors (Lipinski definition) is 1. The van der Waals surface area contributed by atoms with Crippen LogP contribution >= 0.6 is 0 Å². The molecule has 0 saturated heterocycles. The Morgan fingerprint density at radius 2 is 2.11 bits per heavy atom. The molecule has 0 spiro atoms. The number of nitro benzene ring substituents is 1. The van der Waals surface area contributed by atoms with Gasteiger partial charge in [-0.2, -0.15) is 13.2 Å². The van der Waals surface area contributed by atoms with Crippen LogP contribution in [0.25, 0.3) is 11.0 Å². The molecule has 0 amide bonds. The summed E-state index contributed by atoms with van der Waals surface area (Å²) in [6.45, 7) is 1.72. The quantitative estimate of drug-likeness (QED) is 0.665. The molecule has 0 fully saturated rings. The number of nitro groups is 1. The Morgan fingerprint density at radius 1 is 1.44 bits per heavy atom. The van der Waals surface area contributed by atoms with Crippen molar-refractivity contribution in [3.63, 3.8) is 0 Å². The Kier molecular flexibility index (Phi) is 2.72. The lowest BCUT2D eigenvalue weighted by Gasteiger charge is -2.06. The number of hydrogen-bond acceptors (Lipinski definition) is 3. The zero-order valence-corrected chi connectivity index (χ0v) is 9.21. The predicted octanol–water partition coefficient (Wildman–Crippen LogP) is 3.05. The Labute approximate surface area is 98.8 Å². The average molecular weight is 259 g/mol. The number of benzene rings is 1. The van der Waals surface area contributed by atoms with Crippen molar-refractivity contribution < 1.29 is 18.1 Å². The lowest BCUT2D eigenvalue weighted by molar-refractivity contribution is -0.385. The zero-order valence-electron chi connectivity index (χ0n) is 9.21. The molecule has 18 heavy (non-hydrogen) atoms. The number of halogens is 3. The maximum absolute atomic E-state index is 12.8. The van der Waals surface area contributed by atoms with Crippen LogP contribution in [-0.4, -0.2) is 14.9 Å². The number of rotatable bonds is 2. The number of aromatic nitrogens is 2. The molecule has 0 atom stereocenters. The van der Waals surface area contributed by atoms with Gasteiger partial charge in [-0.1, -0.05) is 6.92 Å². The molecular weight excluding hydrogens is 251 g/mol. The van der Waals surface area contributed by atoms with Crippen LogP contribution in [0, 0.1) is 10.1 Å². The fourth-order valence-electron chi connectivity index (χ4n) is 1.64. The highest BCUT2D eigenvalue weighted by Crippen LogP contribution is 2.36. The molecule has 1 heterocycles.